The number of phenols is 1. The number of carbonyl (C=O) groups is 2. The highest BCUT2D eigenvalue weighted by Gasteiger charge is 2.04. The Kier molecular flexibility index (Phi) is 5.24. The zero-order valence-electron chi connectivity index (χ0n) is 9.77. The van der Waals surface area contributed by atoms with Crippen LogP contribution in [0.25, 0.3) is 0 Å². The second-order valence-corrected chi connectivity index (χ2v) is 3.45. The number of rotatable bonds is 5. The van der Waals surface area contributed by atoms with Gasteiger partial charge in [-0.05, 0) is 24.3 Å². The molecule has 0 heterocycles. The molecule has 0 aliphatic carbocycles. The van der Waals surface area contributed by atoms with Gasteiger partial charge < -0.3 is 21.1 Å². The van der Waals surface area contributed by atoms with Gasteiger partial charge in [-0.25, -0.2) is 4.79 Å². The number of hydrogen-bond acceptors (Lipinski definition) is 3. The SMILES string of the molecule is C=CCNC(=O)NCC(=O)Nc1ccc(O)cc1. The van der Waals surface area contributed by atoms with Crippen molar-refractivity contribution in [2.45, 2.75) is 0 Å². The summed E-state index contributed by atoms with van der Waals surface area (Å²) in [7, 11) is 0. The van der Waals surface area contributed by atoms with E-state index in [0.717, 1.165) is 0 Å². The number of nitrogens with one attached hydrogen (secondary N) is 3. The van der Waals surface area contributed by atoms with Gasteiger partial charge in [0, 0.05) is 12.2 Å². The lowest BCUT2D eigenvalue weighted by Crippen LogP contribution is -2.40. The van der Waals surface area contributed by atoms with Crippen molar-refractivity contribution in [3.8, 4) is 5.75 Å². The molecule has 0 fully saturated rings. The minimum absolute atomic E-state index is 0.120. The molecule has 6 heteroatoms. The molecular weight excluding hydrogens is 234 g/mol. The molecule has 0 aliphatic rings. The van der Waals surface area contributed by atoms with Gasteiger partial charge in [0.2, 0.25) is 5.91 Å². The van der Waals surface area contributed by atoms with E-state index in [4.69, 9.17) is 5.11 Å². The van der Waals surface area contributed by atoms with Gasteiger partial charge >= 0.3 is 6.03 Å². The molecule has 3 amide bonds. The lowest BCUT2D eigenvalue weighted by Gasteiger charge is -2.07. The Bertz CT molecular complexity index is 429. The van der Waals surface area contributed by atoms with Crippen LogP contribution in [-0.2, 0) is 4.79 Å². The fraction of sp³-hybridized carbons (Fsp3) is 0.167. The summed E-state index contributed by atoms with van der Waals surface area (Å²) < 4.78 is 0. The first-order chi connectivity index (χ1) is 8.61. The van der Waals surface area contributed by atoms with E-state index in [0.29, 0.717) is 12.2 Å². The summed E-state index contributed by atoms with van der Waals surface area (Å²) in [5, 5.41) is 16.5. The van der Waals surface area contributed by atoms with Crippen LogP contribution in [0, 0.1) is 0 Å². The first kappa shape index (κ1) is 13.6. The lowest BCUT2D eigenvalue weighted by molar-refractivity contribution is -0.115. The third kappa shape index (κ3) is 5.02. The summed E-state index contributed by atoms with van der Waals surface area (Å²) in [6.45, 7) is 3.65. The van der Waals surface area contributed by atoms with Gasteiger partial charge in [-0.2, -0.15) is 0 Å². The highest BCUT2D eigenvalue weighted by atomic mass is 16.3. The number of phenolic OH excluding ortho intramolecular Hbond substituents is 1. The van der Waals surface area contributed by atoms with Crippen molar-refractivity contribution >= 4 is 17.6 Å². The maximum atomic E-state index is 11.4. The maximum absolute atomic E-state index is 11.4. The molecule has 0 saturated carbocycles. The number of amides is 3. The van der Waals surface area contributed by atoms with E-state index in [1.165, 1.54) is 18.2 Å². The third-order valence-electron chi connectivity index (χ3n) is 1.97. The zero-order chi connectivity index (χ0) is 13.4. The molecule has 96 valence electrons. The minimum atomic E-state index is -0.434. The van der Waals surface area contributed by atoms with Crippen molar-refractivity contribution in [3.05, 3.63) is 36.9 Å². The monoisotopic (exact) mass is 249 g/mol. The normalized spacial score (nSPS) is 9.33. The average Bonchev–Trinajstić information content (AvgIpc) is 2.36. The van der Waals surface area contributed by atoms with E-state index in [1.807, 2.05) is 0 Å². The summed E-state index contributed by atoms with van der Waals surface area (Å²) >= 11 is 0. The molecule has 0 unspecified atom stereocenters. The molecular formula is C12H15N3O3. The molecule has 0 saturated heterocycles. The topological polar surface area (TPSA) is 90.5 Å². The maximum Gasteiger partial charge on any atom is 0.315 e. The molecule has 0 aliphatic heterocycles. The van der Waals surface area contributed by atoms with Crippen molar-refractivity contribution in [2.75, 3.05) is 18.4 Å². The van der Waals surface area contributed by atoms with Gasteiger partial charge in [0.25, 0.3) is 0 Å². The van der Waals surface area contributed by atoms with Crippen LogP contribution in [0.4, 0.5) is 10.5 Å². The highest BCUT2D eigenvalue weighted by Crippen LogP contribution is 2.13. The first-order valence-electron chi connectivity index (χ1n) is 5.33. The number of benzene rings is 1. The summed E-state index contributed by atoms with van der Waals surface area (Å²) in [6, 6.07) is 5.60. The van der Waals surface area contributed by atoms with Crippen molar-refractivity contribution in [1.29, 1.82) is 0 Å². The van der Waals surface area contributed by atoms with E-state index < -0.39 is 6.03 Å². The second-order valence-electron chi connectivity index (χ2n) is 3.45. The highest BCUT2D eigenvalue weighted by molar-refractivity contribution is 5.94. The fourth-order valence-electron chi connectivity index (χ4n) is 1.14. The van der Waals surface area contributed by atoms with Gasteiger partial charge in [0.15, 0.2) is 0 Å². The Morgan fingerprint density at radius 3 is 2.50 bits per heavy atom. The van der Waals surface area contributed by atoms with Crippen molar-refractivity contribution in [1.82, 2.24) is 10.6 Å². The average molecular weight is 249 g/mol. The Hall–Kier alpha value is -2.50. The van der Waals surface area contributed by atoms with Crippen molar-refractivity contribution < 1.29 is 14.7 Å². The smallest absolute Gasteiger partial charge is 0.315 e. The van der Waals surface area contributed by atoms with E-state index in [2.05, 4.69) is 22.5 Å². The van der Waals surface area contributed by atoms with Crippen LogP contribution in [0.2, 0.25) is 0 Å². The number of carbonyl (C=O) groups excluding carboxylic acids is 2. The number of urea groups is 1. The Balaban J connectivity index is 2.31. The third-order valence-corrected chi connectivity index (χ3v) is 1.97. The van der Waals surface area contributed by atoms with Crippen LogP contribution in [0.3, 0.4) is 0 Å². The molecule has 0 radical (unpaired) electrons. The van der Waals surface area contributed by atoms with Crippen LogP contribution in [0.15, 0.2) is 36.9 Å². The zero-order valence-corrected chi connectivity index (χ0v) is 9.77. The summed E-state index contributed by atoms with van der Waals surface area (Å²) in [5.74, 6) is -0.232. The van der Waals surface area contributed by atoms with E-state index in [1.54, 1.807) is 12.1 Å². The summed E-state index contributed by atoms with van der Waals surface area (Å²) in [6.07, 6.45) is 1.54. The quantitative estimate of drug-likeness (QED) is 0.460. The second kappa shape index (κ2) is 6.95. The molecule has 1 aromatic carbocycles. The molecule has 1 rings (SSSR count). The Morgan fingerprint density at radius 1 is 1.22 bits per heavy atom. The number of hydrogen-bond donors (Lipinski definition) is 4. The molecule has 1 aromatic rings. The van der Waals surface area contributed by atoms with Gasteiger partial charge in [-0.1, -0.05) is 6.08 Å². The van der Waals surface area contributed by atoms with Gasteiger partial charge in [0.05, 0.1) is 6.54 Å². The van der Waals surface area contributed by atoms with E-state index >= 15 is 0 Å². The Labute approximate surface area is 105 Å². The van der Waals surface area contributed by atoms with Crippen LogP contribution in [-0.4, -0.2) is 30.1 Å². The molecule has 0 bridgehead atoms. The molecule has 18 heavy (non-hydrogen) atoms. The van der Waals surface area contributed by atoms with Gasteiger partial charge in [0.1, 0.15) is 5.75 Å². The van der Waals surface area contributed by atoms with Crippen LogP contribution in [0.5, 0.6) is 5.75 Å². The summed E-state index contributed by atoms with van der Waals surface area (Å²) in [4.78, 5) is 22.6. The van der Waals surface area contributed by atoms with E-state index in [-0.39, 0.29) is 18.2 Å². The van der Waals surface area contributed by atoms with Crippen LogP contribution >= 0.6 is 0 Å². The largest absolute Gasteiger partial charge is 0.508 e. The van der Waals surface area contributed by atoms with Crippen LogP contribution < -0.4 is 16.0 Å². The molecule has 4 N–H and O–H groups in total. The molecule has 6 nitrogen and oxygen atoms in total. The predicted molar refractivity (Wildman–Crippen MR) is 68.3 cm³/mol. The van der Waals surface area contributed by atoms with Gasteiger partial charge in [-0.3, -0.25) is 4.79 Å². The van der Waals surface area contributed by atoms with Crippen molar-refractivity contribution in [2.24, 2.45) is 0 Å². The van der Waals surface area contributed by atoms with Crippen molar-refractivity contribution in [3.63, 3.8) is 0 Å². The summed E-state index contributed by atoms with van der Waals surface area (Å²) in [5.41, 5.74) is 0.547. The van der Waals surface area contributed by atoms with Crippen LogP contribution in [0.1, 0.15) is 0 Å². The number of aromatic hydroxyl groups is 1. The standard InChI is InChI=1S/C12H15N3O3/c1-2-7-13-12(18)14-8-11(17)15-9-3-5-10(16)6-4-9/h2-6,16H,1,7-8H2,(H,15,17)(H2,13,14,18). The lowest BCUT2D eigenvalue weighted by atomic mass is 10.3. The molecule has 0 spiro atoms. The molecule has 0 atom stereocenters. The first-order valence-corrected chi connectivity index (χ1v) is 5.33. The Morgan fingerprint density at radius 2 is 1.89 bits per heavy atom. The fourth-order valence-corrected chi connectivity index (χ4v) is 1.14. The predicted octanol–water partition coefficient (Wildman–Crippen LogP) is 0.816. The van der Waals surface area contributed by atoms with Gasteiger partial charge in [-0.15, -0.1) is 6.58 Å². The minimum Gasteiger partial charge on any atom is -0.508 e. The van der Waals surface area contributed by atoms with E-state index in [9.17, 15) is 9.59 Å². The number of anilines is 1. The molecule has 0 aromatic heterocycles.